The van der Waals surface area contributed by atoms with Gasteiger partial charge in [-0.15, -0.1) is 25.3 Å². The van der Waals surface area contributed by atoms with Crippen LogP contribution in [-0.4, -0.2) is 0 Å². The summed E-state index contributed by atoms with van der Waals surface area (Å²) >= 11 is 17.6. The Morgan fingerprint density at radius 3 is 1.59 bits per heavy atom. The quantitative estimate of drug-likeness (QED) is 0.580. The van der Waals surface area contributed by atoms with E-state index in [0.29, 0.717) is 0 Å². The number of rotatable bonds is 2. The largest absolute Gasteiger partial charge is 0.142 e. The third-order valence-corrected chi connectivity index (χ3v) is 6.82. The molecule has 5 heteroatoms. The van der Waals surface area contributed by atoms with E-state index in [9.17, 15) is 0 Å². The highest BCUT2D eigenvalue weighted by Gasteiger charge is 2.08. The predicted molar refractivity (Wildman–Crippen MR) is 86.9 cm³/mol. The van der Waals surface area contributed by atoms with Gasteiger partial charge in [0.05, 0.1) is 0 Å². The van der Waals surface area contributed by atoms with Gasteiger partial charge in [-0.3, -0.25) is 0 Å². The molecule has 0 aliphatic rings. The summed E-state index contributed by atoms with van der Waals surface area (Å²) in [6.45, 7) is 0. The van der Waals surface area contributed by atoms with Gasteiger partial charge < -0.3 is 0 Å². The van der Waals surface area contributed by atoms with Crippen LogP contribution < -0.4 is 0 Å². The van der Waals surface area contributed by atoms with Gasteiger partial charge in [-0.1, -0.05) is 23.9 Å². The van der Waals surface area contributed by atoms with Crippen LogP contribution in [0.15, 0.2) is 64.9 Å². The highest BCUT2D eigenvalue weighted by atomic mass is 79.9. The van der Waals surface area contributed by atoms with Crippen molar-refractivity contribution in [2.75, 3.05) is 0 Å². The van der Waals surface area contributed by atoms with Gasteiger partial charge in [0.1, 0.15) is 0 Å². The van der Waals surface area contributed by atoms with Crippen molar-refractivity contribution in [2.24, 2.45) is 0 Å². The second-order valence-corrected chi connectivity index (χ2v) is 6.91. The van der Waals surface area contributed by atoms with Crippen LogP contribution in [0.4, 0.5) is 0 Å². The molecule has 17 heavy (non-hydrogen) atoms. The summed E-state index contributed by atoms with van der Waals surface area (Å²) in [7, 11) is 0. The maximum atomic E-state index is 4.39. The molecule has 0 bridgehead atoms. The van der Waals surface area contributed by atoms with Gasteiger partial charge in [0, 0.05) is 28.5 Å². The first-order valence-corrected chi connectivity index (χ1v) is 8.02. The van der Waals surface area contributed by atoms with Crippen molar-refractivity contribution in [3.05, 3.63) is 45.3 Å². The Labute approximate surface area is 133 Å². The molecular formula is C12H8Br2S3. The molecule has 0 aliphatic heterocycles. The average Bonchev–Trinajstić information content (AvgIpc) is 2.31. The van der Waals surface area contributed by atoms with Gasteiger partial charge in [0.25, 0.3) is 0 Å². The molecule has 0 spiro atoms. The number of hydrogen-bond donors (Lipinski definition) is 2. The highest BCUT2D eigenvalue weighted by molar-refractivity contribution is 9.11. The normalized spacial score (nSPS) is 10.6. The van der Waals surface area contributed by atoms with Crippen LogP contribution in [0.25, 0.3) is 0 Å². The second kappa shape index (κ2) is 6.06. The molecule has 88 valence electrons. The Balaban J connectivity index is 2.38. The molecule has 0 radical (unpaired) electrons. The van der Waals surface area contributed by atoms with E-state index < -0.39 is 0 Å². The molecule has 0 saturated heterocycles. The van der Waals surface area contributed by atoms with Crippen LogP contribution in [0, 0.1) is 0 Å². The summed E-state index contributed by atoms with van der Waals surface area (Å²) in [5.74, 6) is 0. The first-order chi connectivity index (χ1) is 8.09. The maximum absolute atomic E-state index is 4.39. The summed E-state index contributed by atoms with van der Waals surface area (Å²) in [6.07, 6.45) is 0. The molecule has 0 atom stereocenters. The van der Waals surface area contributed by atoms with E-state index in [1.165, 1.54) is 0 Å². The Kier molecular flexibility index (Phi) is 4.95. The smallest absolute Gasteiger partial charge is 0.0448 e. The number of benzene rings is 2. The standard InChI is InChI=1S/C12H8Br2S3/c13-11-7(15)3-1-5-9(11)17-10-6-2-4-8(16)12(10)14/h1-6,15-16H. The topological polar surface area (TPSA) is 0 Å². The summed E-state index contributed by atoms with van der Waals surface area (Å²) in [5, 5.41) is 0. The molecule has 0 aromatic heterocycles. The fourth-order valence-electron chi connectivity index (χ4n) is 1.27. The van der Waals surface area contributed by atoms with Crippen molar-refractivity contribution >= 4 is 68.9 Å². The summed E-state index contributed by atoms with van der Waals surface area (Å²) < 4.78 is 2.04. The van der Waals surface area contributed by atoms with E-state index in [2.05, 4.69) is 69.3 Å². The number of hydrogen-bond acceptors (Lipinski definition) is 3. The number of halogens is 2. The summed E-state index contributed by atoms with van der Waals surface area (Å²) in [4.78, 5) is 4.15. The SMILES string of the molecule is Sc1cccc(Sc2cccc(S)c2Br)c1Br. The molecule has 2 rings (SSSR count). The zero-order valence-electron chi connectivity index (χ0n) is 8.52. The average molecular weight is 408 g/mol. The van der Waals surface area contributed by atoms with Crippen LogP contribution in [0.1, 0.15) is 0 Å². The zero-order chi connectivity index (χ0) is 12.4. The van der Waals surface area contributed by atoms with E-state index >= 15 is 0 Å². The Morgan fingerprint density at radius 2 is 1.18 bits per heavy atom. The molecule has 0 aliphatic carbocycles. The van der Waals surface area contributed by atoms with Crippen molar-refractivity contribution in [1.82, 2.24) is 0 Å². The Bertz CT molecular complexity index is 506. The van der Waals surface area contributed by atoms with Crippen LogP contribution >= 0.6 is 68.9 Å². The van der Waals surface area contributed by atoms with Gasteiger partial charge >= 0.3 is 0 Å². The lowest BCUT2D eigenvalue weighted by molar-refractivity contribution is 1.24. The third kappa shape index (κ3) is 3.26. The molecule has 0 nitrogen and oxygen atoms in total. The summed E-state index contributed by atoms with van der Waals surface area (Å²) in [6, 6.07) is 12.0. The minimum Gasteiger partial charge on any atom is -0.142 e. The van der Waals surface area contributed by atoms with Crippen LogP contribution in [0.3, 0.4) is 0 Å². The lowest BCUT2D eigenvalue weighted by Crippen LogP contribution is -1.80. The predicted octanol–water partition coefficient (Wildman–Crippen LogP) is 5.94. The molecule has 0 heterocycles. The van der Waals surface area contributed by atoms with Crippen molar-refractivity contribution in [3.8, 4) is 0 Å². The van der Waals surface area contributed by atoms with Gasteiger partial charge in [-0.2, -0.15) is 0 Å². The van der Waals surface area contributed by atoms with Crippen molar-refractivity contribution < 1.29 is 0 Å². The third-order valence-electron chi connectivity index (χ3n) is 2.11. The van der Waals surface area contributed by atoms with Crippen molar-refractivity contribution in [3.63, 3.8) is 0 Å². The first-order valence-electron chi connectivity index (χ1n) is 4.72. The van der Waals surface area contributed by atoms with E-state index in [4.69, 9.17) is 0 Å². The molecule has 2 aromatic rings. The number of thiol groups is 2. The monoisotopic (exact) mass is 406 g/mol. The minimum absolute atomic E-state index is 0.938. The Hall–Kier alpha value is 0.450. The van der Waals surface area contributed by atoms with E-state index in [1.807, 2.05) is 24.3 Å². The first kappa shape index (κ1) is 13.9. The fourth-order valence-corrected chi connectivity index (χ4v) is 3.78. The molecule has 0 fully saturated rings. The van der Waals surface area contributed by atoms with Gasteiger partial charge in [0.2, 0.25) is 0 Å². The molecule has 2 aromatic carbocycles. The highest BCUT2D eigenvalue weighted by Crippen LogP contribution is 2.40. The maximum Gasteiger partial charge on any atom is 0.0448 e. The van der Waals surface area contributed by atoms with Crippen molar-refractivity contribution in [1.29, 1.82) is 0 Å². The molecule has 0 saturated carbocycles. The van der Waals surface area contributed by atoms with E-state index in [-0.39, 0.29) is 0 Å². The zero-order valence-corrected chi connectivity index (χ0v) is 14.3. The summed E-state index contributed by atoms with van der Waals surface area (Å²) in [5.41, 5.74) is 0. The second-order valence-electron chi connectivity index (χ2n) is 3.28. The molecule has 0 unspecified atom stereocenters. The van der Waals surface area contributed by atoms with Crippen LogP contribution in [-0.2, 0) is 0 Å². The van der Waals surface area contributed by atoms with E-state index in [0.717, 1.165) is 28.5 Å². The minimum atomic E-state index is 0.938. The van der Waals surface area contributed by atoms with Crippen LogP contribution in [0.2, 0.25) is 0 Å². The molecular weight excluding hydrogens is 400 g/mol. The van der Waals surface area contributed by atoms with Crippen LogP contribution in [0.5, 0.6) is 0 Å². The Morgan fingerprint density at radius 1 is 0.765 bits per heavy atom. The fraction of sp³-hybridized carbons (Fsp3) is 0. The van der Waals surface area contributed by atoms with Gasteiger partial charge in [0.15, 0.2) is 0 Å². The molecule has 0 N–H and O–H groups in total. The van der Waals surface area contributed by atoms with Crippen molar-refractivity contribution in [2.45, 2.75) is 19.6 Å². The van der Waals surface area contributed by atoms with E-state index in [1.54, 1.807) is 11.8 Å². The van der Waals surface area contributed by atoms with Gasteiger partial charge in [-0.25, -0.2) is 0 Å². The van der Waals surface area contributed by atoms with Gasteiger partial charge in [-0.05, 0) is 56.1 Å². The lowest BCUT2D eigenvalue weighted by atomic mass is 10.4. The lowest BCUT2D eigenvalue weighted by Gasteiger charge is -2.08. The molecule has 0 amide bonds.